The van der Waals surface area contributed by atoms with Crippen molar-refractivity contribution in [2.24, 2.45) is 11.7 Å². The smallest absolute Gasteiger partial charge is 0.234 e. The van der Waals surface area contributed by atoms with Crippen molar-refractivity contribution in [1.29, 1.82) is 0 Å². The van der Waals surface area contributed by atoms with E-state index < -0.39 is 23.6 Å². The monoisotopic (exact) mass is 242 g/mol. The molecular weight excluding hydrogens is 226 g/mol. The van der Waals surface area contributed by atoms with Gasteiger partial charge in [0, 0.05) is 12.6 Å². The van der Waals surface area contributed by atoms with Crippen molar-refractivity contribution in [1.82, 2.24) is 5.32 Å². The van der Waals surface area contributed by atoms with E-state index in [1.807, 2.05) is 13.8 Å². The second-order valence-corrected chi connectivity index (χ2v) is 4.28. The van der Waals surface area contributed by atoms with E-state index in [1.54, 1.807) is 0 Å². The van der Waals surface area contributed by atoms with E-state index in [-0.39, 0.29) is 12.5 Å². The summed E-state index contributed by atoms with van der Waals surface area (Å²) in [5.74, 6) is -1.73. The van der Waals surface area contributed by atoms with Crippen LogP contribution in [0.5, 0.6) is 0 Å². The standard InChI is InChI=1S/C12H16F2N2O/c1-7(2)11(12(15)17)16-6-8-3-9(13)5-10(14)4-8/h3-5,7,11,16H,6H2,1-2H3,(H2,15,17). The Balaban J connectivity index is 2.68. The summed E-state index contributed by atoms with van der Waals surface area (Å²) in [5.41, 5.74) is 5.65. The van der Waals surface area contributed by atoms with E-state index in [0.29, 0.717) is 5.56 Å². The van der Waals surface area contributed by atoms with E-state index >= 15 is 0 Å². The van der Waals surface area contributed by atoms with Crippen molar-refractivity contribution in [2.75, 3.05) is 0 Å². The fraction of sp³-hybridized carbons (Fsp3) is 0.417. The minimum Gasteiger partial charge on any atom is -0.368 e. The van der Waals surface area contributed by atoms with Gasteiger partial charge in [0.15, 0.2) is 0 Å². The fourth-order valence-corrected chi connectivity index (χ4v) is 1.61. The number of hydrogen-bond acceptors (Lipinski definition) is 2. The number of nitrogens with two attached hydrogens (primary N) is 1. The maximum Gasteiger partial charge on any atom is 0.234 e. The van der Waals surface area contributed by atoms with Crippen LogP contribution in [0.4, 0.5) is 8.78 Å². The molecule has 0 saturated heterocycles. The number of hydrogen-bond donors (Lipinski definition) is 2. The fourth-order valence-electron chi connectivity index (χ4n) is 1.61. The second-order valence-electron chi connectivity index (χ2n) is 4.28. The molecule has 0 aliphatic heterocycles. The molecule has 0 aromatic heterocycles. The van der Waals surface area contributed by atoms with Crippen LogP contribution in [0.1, 0.15) is 19.4 Å². The molecule has 1 atom stereocenters. The van der Waals surface area contributed by atoms with Gasteiger partial charge in [0.05, 0.1) is 6.04 Å². The highest BCUT2D eigenvalue weighted by Crippen LogP contribution is 2.09. The number of amides is 1. The molecule has 1 aromatic rings. The average molecular weight is 242 g/mol. The predicted molar refractivity (Wildman–Crippen MR) is 61.0 cm³/mol. The van der Waals surface area contributed by atoms with Crippen molar-refractivity contribution in [3.05, 3.63) is 35.4 Å². The average Bonchev–Trinajstić information content (AvgIpc) is 2.14. The third kappa shape index (κ3) is 4.11. The van der Waals surface area contributed by atoms with Crippen LogP contribution in [0.3, 0.4) is 0 Å². The molecule has 1 unspecified atom stereocenters. The van der Waals surface area contributed by atoms with Crippen LogP contribution in [0, 0.1) is 17.6 Å². The summed E-state index contributed by atoms with van der Waals surface area (Å²) >= 11 is 0. The molecule has 0 bridgehead atoms. The van der Waals surface area contributed by atoms with E-state index in [0.717, 1.165) is 6.07 Å². The quantitative estimate of drug-likeness (QED) is 0.823. The highest BCUT2D eigenvalue weighted by molar-refractivity contribution is 5.80. The van der Waals surface area contributed by atoms with Crippen molar-refractivity contribution >= 4 is 5.91 Å². The minimum absolute atomic E-state index is 0.0194. The van der Waals surface area contributed by atoms with Crippen LogP contribution in [0.25, 0.3) is 0 Å². The highest BCUT2D eigenvalue weighted by Gasteiger charge is 2.18. The lowest BCUT2D eigenvalue weighted by Gasteiger charge is -2.18. The second kappa shape index (κ2) is 5.72. The summed E-state index contributed by atoms with van der Waals surface area (Å²) < 4.78 is 25.8. The molecule has 1 aromatic carbocycles. The van der Waals surface area contributed by atoms with E-state index in [4.69, 9.17) is 5.73 Å². The van der Waals surface area contributed by atoms with Gasteiger partial charge in [0.2, 0.25) is 5.91 Å². The highest BCUT2D eigenvalue weighted by atomic mass is 19.1. The van der Waals surface area contributed by atoms with Gasteiger partial charge in [0.1, 0.15) is 11.6 Å². The third-order valence-corrected chi connectivity index (χ3v) is 2.42. The van der Waals surface area contributed by atoms with Crippen LogP contribution in [0.15, 0.2) is 18.2 Å². The van der Waals surface area contributed by atoms with Gasteiger partial charge >= 0.3 is 0 Å². The molecule has 17 heavy (non-hydrogen) atoms. The molecule has 0 fully saturated rings. The Hall–Kier alpha value is -1.49. The predicted octanol–water partition coefficient (Wildman–Crippen LogP) is 1.56. The first kappa shape index (κ1) is 13.6. The lowest BCUT2D eigenvalue weighted by atomic mass is 10.0. The van der Waals surface area contributed by atoms with Gasteiger partial charge in [-0.25, -0.2) is 8.78 Å². The van der Waals surface area contributed by atoms with Crippen LogP contribution in [0.2, 0.25) is 0 Å². The lowest BCUT2D eigenvalue weighted by molar-refractivity contribution is -0.121. The van der Waals surface area contributed by atoms with Gasteiger partial charge in [-0.2, -0.15) is 0 Å². The zero-order valence-electron chi connectivity index (χ0n) is 9.84. The molecule has 3 nitrogen and oxygen atoms in total. The summed E-state index contributed by atoms with van der Waals surface area (Å²) in [4.78, 5) is 11.1. The summed E-state index contributed by atoms with van der Waals surface area (Å²) in [5, 5.41) is 2.88. The van der Waals surface area contributed by atoms with E-state index in [1.165, 1.54) is 12.1 Å². The number of carbonyl (C=O) groups is 1. The normalized spacial score (nSPS) is 12.8. The van der Waals surface area contributed by atoms with Crippen LogP contribution < -0.4 is 11.1 Å². The minimum atomic E-state index is -0.637. The maximum absolute atomic E-state index is 12.9. The van der Waals surface area contributed by atoms with Crippen molar-refractivity contribution in [3.8, 4) is 0 Å². The first-order valence-electron chi connectivity index (χ1n) is 5.38. The van der Waals surface area contributed by atoms with Gasteiger partial charge in [0.25, 0.3) is 0 Å². The summed E-state index contributed by atoms with van der Waals surface area (Å²) in [6.07, 6.45) is 0. The summed E-state index contributed by atoms with van der Waals surface area (Å²) in [7, 11) is 0. The van der Waals surface area contributed by atoms with Gasteiger partial charge < -0.3 is 11.1 Å². The zero-order valence-corrected chi connectivity index (χ0v) is 9.84. The largest absolute Gasteiger partial charge is 0.368 e. The molecule has 3 N–H and O–H groups in total. The molecule has 0 aliphatic carbocycles. The number of benzene rings is 1. The van der Waals surface area contributed by atoms with E-state index in [2.05, 4.69) is 5.32 Å². The number of rotatable bonds is 5. The molecule has 0 aliphatic rings. The lowest BCUT2D eigenvalue weighted by Crippen LogP contribution is -2.44. The topological polar surface area (TPSA) is 55.1 Å². The number of carbonyl (C=O) groups excluding carboxylic acids is 1. The van der Waals surface area contributed by atoms with Gasteiger partial charge in [-0.05, 0) is 23.6 Å². The molecule has 0 heterocycles. The Morgan fingerprint density at radius 2 is 1.82 bits per heavy atom. The Kier molecular flexibility index (Phi) is 4.57. The van der Waals surface area contributed by atoms with Crippen molar-refractivity contribution < 1.29 is 13.6 Å². The zero-order chi connectivity index (χ0) is 13.0. The summed E-state index contributed by atoms with van der Waals surface area (Å²) in [6.45, 7) is 3.88. The molecular formula is C12H16F2N2O. The number of nitrogens with one attached hydrogen (secondary N) is 1. The van der Waals surface area contributed by atoms with E-state index in [9.17, 15) is 13.6 Å². The molecule has 0 saturated carbocycles. The first-order valence-corrected chi connectivity index (χ1v) is 5.38. The van der Waals surface area contributed by atoms with Gasteiger partial charge in [-0.15, -0.1) is 0 Å². The van der Waals surface area contributed by atoms with Gasteiger partial charge in [-0.1, -0.05) is 13.8 Å². The van der Waals surface area contributed by atoms with Crippen LogP contribution in [-0.2, 0) is 11.3 Å². The van der Waals surface area contributed by atoms with Crippen LogP contribution >= 0.6 is 0 Å². The molecule has 5 heteroatoms. The van der Waals surface area contributed by atoms with Crippen molar-refractivity contribution in [3.63, 3.8) is 0 Å². The SMILES string of the molecule is CC(C)C(NCc1cc(F)cc(F)c1)C(N)=O. The molecule has 1 rings (SSSR count). The number of halogens is 2. The maximum atomic E-state index is 12.9. The molecule has 0 spiro atoms. The molecule has 0 radical (unpaired) electrons. The van der Waals surface area contributed by atoms with Gasteiger partial charge in [-0.3, -0.25) is 4.79 Å². The molecule has 94 valence electrons. The Labute approximate surface area is 99.0 Å². The molecule has 1 amide bonds. The Bertz CT molecular complexity index is 387. The van der Waals surface area contributed by atoms with Crippen molar-refractivity contribution in [2.45, 2.75) is 26.4 Å². The summed E-state index contributed by atoms with van der Waals surface area (Å²) in [6, 6.07) is 2.72. The van der Waals surface area contributed by atoms with Crippen LogP contribution in [-0.4, -0.2) is 11.9 Å². The Morgan fingerprint density at radius 3 is 2.24 bits per heavy atom. The third-order valence-electron chi connectivity index (χ3n) is 2.42. The first-order chi connectivity index (χ1) is 7.90. The Morgan fingerprint density at radius 1 is 1.29 bits per heavy atom. The number of primary amides is 1.